The third-order valence-corrected chi connectivity index (χ3v) is 3.14. The molecule has 4 N–H and O–H groups in total. The molecule has 0 aliphatic carbocycles. The molecule has 0 radical (unpaired) electrons. The Kier molecular flexibility index (Phi) is 26.5. The van der Waals surface area contributed by atoms with Crippen molar-refractivity contribution in [1.82, 2.24) is 0 Å². The van der Waals surface area contributed by atoms with Crippen LogP contribution in [0.5, 0.6) is 0 Å². The second kappa shape index (κ2) is 17.1. The highest BCUT2D eigenvalue weighted by Crippen LogP contribution is 1.69. The van der Waals surface area contributed by atoms with Crippen LogP contribution in [-0.2, 0) is 4.12 Å². The molecule has 0 aliphatic heterocycles. The first-order chi connectivity index (χ1) is 6.59. The minimum absolute atomic E-state index is 0. The average Bonchev–Trinajstić information content (AvgIpc) is 1.78. The second-order valence-corrected chi connectivity index (χ2v) is 9.54. The largest absolute Gasteiger partial charge is 0.580 e. The van der Waals surface area contributed by atoms with Crippen LogP contribution in [0, 0.1) is 0 Å². The van der Waals surface area contributed by atoms with E-state index in [9.17, 15) is 0 Å². The molecule has 0 fully saturated rings. The van der Waals surface area contributed by atoms with E-state index < -0.39 is 34.6 Å². The molecule has 16 heavy (non-hydrogen) atoms. The van der Waals surface area contributed by atoms with Gasteiger partial charge < -0.3 is 19.2 Å². The predicted molar refractivity (Wildman–Crippen MR) is 84.1 cm³/mol. The summed E-state index contributed by atoms with van der Waals surface area (Å²) in [7, 11) is -3.66. The summed E-state index contributed by atoms with van der Waals surface area (Å²) >= 11 is 0. The van der Waals surface area contributed by atoms with Crippen molar-refractivity contribution in [3.8, 4) is 0 Å². The van der Waals surface area contributed by atoms with E-state index in [1.54, 1.807) is 13.1 Å². The van der Waals surface area contributed by atoms with E-state index in [2.05, 4.69) is 24.7 Å². The normalized spacial score (nSPS) is 6.50. The first-order valence-corrected chi connectivity index (χ1v) is 12.8. The Hall–Kier alpha value is -0.292. The Morgan fingerprint density at radius 1 is 0.750 bits per heavy atom. The summed E-state index contributed by atoms with van der Waals surface area (Å²) in [6, 6.07) is 0. The Labute approximate surface area is 105 Å². The summed E-state index contributed by atoms with van der Waals surface area (Å²) in [5.41, 5.74) is 0. The van der Waals surface area contributed by atoms with Gasteiger partial charge in [-0.2, -0.15) is 0 Å². The van der Waals surface area contributed by atoms with Gasteiger partial charge in [0.2, 0.25) is 34.6 Å². The minimum atomic E-state index is -1.13. The summed E-state index contributed by atoms with van der Waals surface area (Å²) in [5, 5.41) is 0. The van der Waals surface area contributed by atoms with Crippen molar-refractivity contribution in [1.29, 1.82) is 0 Å². The van der Waals surface area contributed by atoms with E-state index in [1.807, 2.05) is 13.1 Å². The van der Waals surface area contributed by atoms with Gasteiger partial charge in [0.15, 0.2) is 0 Å². The van der Waals surface area contributed by atoms with Crippen LogP contribution in [0.2, 0.25) is 26.2 Å². The van der Waals surface area contributed by atoms with Crippen molar-refractivity contribution in [2.24, 2.45) is 0 Å². The van der Waals surface area contributed by atoms with Gasteiger partial charge >= 0.3 is 0 Å². The summed E-state index contributed by atoms with van der Waals surface area (Å²) in [6.07, 6.45) is 14.1. The van der Waals surface area contributed by atoms with E-state index in [4.69, 9.17) is 13.7 Å². The van der Waals surface area contributed by atoms with Gasteiger partial charge in [-0.15, -0.1) is 0 Å². The van der Waals surface area contributed by atoms with Crippen molar-refractivity contribution in [2.45, 2.75) is 26.2 Å². The van der Waals surface area contributed by atoms with Gasteiger partial charge in [-0.25, -0.2) is 0 Å². The van der Waals surface area contributed by atoms with Crippen molar-refractivity contribution >= 4 is 59.3 Å². The summed E-state index contributed by atoms with van der Waals surface area (Å²) in [6.45, 7) is 7.46. The van der Waals surface area contributed by atoms with Gasteiger partial charge in [-0.1, -0.05) is 24.7 Å². The molecule has 0 aromatic heterocycles. The molecule has 0 aliphatic rings. The van der Waals surface area contributed by atoms with Crippen LogP contribution in [0.25, 0.3) is 0 Å². The van der Waals surface area contributed by atoms with E-state index in [0.717, 1.165) is 0 Å². The monoisotopic (exact) mass is 296 g/mol. The van der Waals surface area contributed by atoms with Crippen molar-refractivity contribution in [3.63, 3.8) is 0 Å². The van der Waals surface area contributed by atoms with Gasteiger partial charge in [-0.05, 0) is 26.2 Å². The molecule has 0 atom stereocenters. The lowest BCUT2D eigenvalue weighted by Gasteiger charge is -1.98. The quantitative estimate of drug-likeness (QED) is 0.620. The van der Waals surface area contributed by atoms with Crippen molar-refractivity contribution in [2.75, 3.05) is 0 Å². The molecule has 0 aromatic carbocycles. The van der Waals surface area contributed by atoms with Crippen molar-refractivity contribution < 1.29 is 19.2 Å². The highest BCUT2D eigenvalue weighted by atomic mass is 28.3. The molecule has 0 aromatic rings. The molecule has 0 bridgehead atoms. The summed E-state index contributed by atoms with van der Waals surface area (Å²) in [5.74, 6) is 0. The van der Waals surface area contributed by atoms with Crippen LogP contribution < -0.4 is 0 Å². The minimum Gasteiger partial charge on any atom is -0.580 e. The molecule has 0 spiro atoms. The Balaban J connectivity index is -0.0000000700. The van der Waals surface area contributed by atoms with Crippen molar-refractivity contribution in [3.05, 3.63) is 0 Å². The third kappa shape index (κ3) is 161. The predicted octanol–water partition coefficient (Wildman–Crippen LogP) is -1.32. The molecule has 8 heteroatoms. The summed E-state index contributed by atoms with van der Waals surface area (Å²) in [4.78, 5) is 16.1. The lowest BCUT2D eigenvalue weighted by atomic mass is 11.9. The van der Waals surface area contributed by atoms with Gasteiger partial charge in [-0.3, -0.25) is 0 Å². The van der Waals surface area contributed by atoms with Crippen LogP contribution in [0.4, 0.5) is 0 Å². The fourth-order valence-electron chi connectivity index (χ4n) is 0.297. The lowest BCUT2D eigenvalue weighted by molar-refractivity contribution is 0.604. The third-order valence-electron chi connectivity index (χ3n) is 0.348. The Bertz CT molecular complexity index is 208. The summed E-state index contributed by atoms with van der Waals surface area (Å²) < 4.78 is 5.23. The molecule has 4 nitrogen and oxygen atoms in total. The number of rotatable bonds is 2. The number of hydrogen-bond donors (Lipinski definition) is 2. The molecule has 0 amide bonds. The Morgan fingerprint density at radius 3 is 0.875 bits per heavy atom. The maximum absolute atomic E-state index is 8.05. The SMILES string of the molecule is C=[Si](C)O.C=[Si](C)O.C=[Si](C)O[Si](=C)C.O. The first kappa shape index (κ1) is 24.8. The molecule has 0 unspecified atom stereocenters. The molecule has 0 saturated carbocycles. The average molecular weight is 297 g/mol. The maximum Gasteiger partial charge on any atom is 0.217 e. The van der Waals surface area contributed by atoms with E-state index >= 15 is 0 Å². The lowest BCUT2D eigenvalue weighted by Crippen LogP contribution is -2.08. The van der Waals surface area contributed by atoms with E-state index in [0.29, 0.717) is 0 Å². The molecular formula is C8H24O4Si4. The first-order valence-electron chi connectivity index (χ1n) is 4.27. The standard InChI is InChI=1S/C4H10OSi2.2C2H6OSi.H2O/c1-6(2)5-7(3)4;2*1-4(2)3;/h1,3H2,2,4H3;2*3H,1H2,2H3;1H2. The van der Waals surface area contributed by atoms with Crippen LogP contribution in [0.15, 0.2) is 0 Å². The highest BCUT2D eigenvalue weighted by Gasteiger charge is 1.84. The van der Waals surface area contributed by atoms with Gasteiger partial charge in [0.25, 0.3) is 0 Å². The zero-order valence-electron chi connectivity index (χ0n) is 10.6. The molecule has 96 valence electrons. The van der Waals surface area contributed by atoms with Crippen LogP contribution >= 0.6 is 0 Å². The smallest absolute Gasteiger partial charge is 0.217 e. The fourth-order valence-corrected chi connectivity index (χ4v) is 2.68. The fraction of sp³-hybridized carbons (Fsp3) is 0.500. The van der Waals surface area contributed by atoms with Gasteiger partial charge in [0.05, 0.1) is 0 Å². The zero-order valence-corrected chi connectivity index (χ0v) is 14.6. The van der Waals surface area contributed by atoms with Gasteiger partial charge in [0.1, 0.15) is 0 Å². The second-order valence-electron chi connectivity index (χ2n) is 2.98. The molecule has 0 rings (SSSR count). The van der Waals surface area contributed by atoms with E-state index in [1.165, 1.54) is 0 Å². The van der Waals surface area contributed by atoms with Crippen LogP contribution in [-0.4, -0.2) is 74.4 Å². The van der Waals surface area contributed by atoms with Crippen LogP contribution in [0.1, 0.15) is 0 Å². The molecule has 0 saturated heterocycles. The topological polar surface area (TPSA) is 81.2 Å². The zero-order chi connectivity index (χ0) is 13.0. The van der Waals surface area contributed by atoms with Gasteiger partial charge in [0, 0.05) is 0 Å². The maximum atomic E-state index is 8.05. The number of hydrogen-bond acceptors (Lipinski definition) is 3. The highest BCUT2D eigenvalue weighted by molar-refractivity contribution is 6.67. The Morgan fingerprint density at radius 2 is 0.875 bits per heavy atom. The van der Waals surface area contributed by atoms with E-state index in [-0.39, 0.29) is 5.48 Å². The molecule has 0 heterocycles. The molecular weight excluding hydrogens is 272 g/mol. The van der Waals surface area contributed by atoms with Crippen LogP contribution in [0.3, 0.4) is 0 Å².